The molecule has 0 saturated heterocycles. The second-order valence-corrected chi connectivity index (χ2v) is 8.44. The number of aromatic nitrogens is 3. The molecule has 2 atom stereocenters. The second kappa shape index (κ2) is 8.82. The maximum Gasteiger partial charge on any atom is 0.523 e. The molecule has 2 aromatic heterocycles. The Bertz CT molecular complexity index is 1210. The molecule has 2 unspecified atom stereocenters. The Balaban J connectivity index is 1.66. The highest BCUT2D eigenvalue weighted by Gasteiger charge is 2.40. The molecule has 190 valence electrons. The van der Waals surface area contributed by atoms with Crippen LogP contribution >= 0.6 is 0 Å². The number of hydrogen-bond donors (Lipinski definition) is 2. The summed E-state index contributed by atoms with van der Waals surface area (Å²) in [5.41, 5.74) is -2.51. The minimum atomic E-state index is -4.89. The summed E-state index contributed by atoms with van der Waals surface area (Å²) < 4.78 is 107. The molecule has 0 spiro atoms. The van der Waals surface area contributed by atoms with Crippen molar-refractivity contribution in [3.63, 3.8) is 0 Å². The highest BCUT2D eigenvalue weighted by Crippen LogP contribution is 2.39. The van der Waals surface area contributed by atoms with E-state index in [0.29, 0.717) is 5.56 Å². The van der Waals surface area contributed by atoms with Gasteiger partial charge in [-0.3, -0.25) is 4.74 Å². The van der Waals surface area contributed by atoms with Gasteiger partial charge in [-0.15, -0.1) is 13.2 Å². The Labute approximate surface area is 193 Å². The van der Waals surface area contributed by atoms with Crippen molar-refractivity contribution in [2.75, 3.05) is 18.5 Å². The van der Waals surface area contributed by atoms with Crippen molar-refractivity contribution in [2.45, 2.75) is 44.1 Å². The van der Waals surface area contributed by atoms with Crippen LogP contribution in [0.1, 0.15) is 31.1 Å². The van der Waals surface area contributed by atoms with Crippen LogP contribution < -0.4 is 10.1 Å². The first-order valence-electron chi connectivity index (χ1n) is 10.2. The molecule has 7 nitrogen and oxygen atoms in total. The van der Waals surface area contributed by atoms with Gasteiger partial charge in [0.15, 0.2) is 0 Å². The van der Waals surface area contributed by atoms with Gasteiger partial charge in [0.1, 0.15) is 47.8 Å². The Morgan fingerprint density at radius 2 is 1.86 bits per heavy atom. The van der Waals surface area contributed by atoms with Crippen LogP contribution in [0, 0.1) is 5.82 Å². The van der Waals surface area contributed by atoms with Crippen molar-refractivity contribution in [1.82, 2.24) is 15.0 Å². The first kappa shape index (κ1) is 25.0. The molecule has 0 saturated carbocycles. The zero-order valence-electron chi connectivity index (χ0n) is 18.2. The zero-order valence-corrected chi connectivity index (χ0v) is 18.2. The van der Waals surface area contributed by atoms with Crippen molar-refractivity contribution < 1.29 is 44.9 Å². The molecule has 35 heavy (non-hydrogen) atoms. The second-order valence-electron chi connectivity index (χ2n) is 8.44. The first-order chi connectivity index (χ1) is 16.2. The lowest BCUT2D eigenvalue weighted by Gasteiger charge is -2.36. The normalized spacial score (nSPS) is 18.9. The predicted molar refractivity (Wildman–Crippen MR) is 108 cm³/mol. The number of halogens is 7. The molecular weight excluding hydrogens is 489 g/mol. The number of hydrogen-bond acceptors (Lipinski definition) is 6. The van der Waals surface area contributed by atoms with Gasteiger partial charge >= 0.3 is 12.5 Å². The van der Waals surface area contributed by atoms with Gasteiger partial charge in [-0.2, -0.15) is 13.2 Å². The number of alkyl halides is 6. The predicted octanol–water partition coefficient (Wildman–Crippen LogP) is 5.36. The fourth-order valence-electron chi connectivity index (χ4n) is 3.68. The highest BCUT2D eigenvalue weighted by molar-refractivity contribution is 5.88. The molecule has 0 radical (unpaired) electrons. The molecule has 0 fully saturated rings. The number of ether oxygens (including phenoxy) is 3. The zero-order chi connectivity index (χ0) is 25.6. The average molecular weight is 508 g/mol. The third kappa shape index (κ3) is 5.75. The third-order valence-corrected chi connectivity index (χ3v) is 5.15. The lowest BCUT2D eigenvalue weighted by Crippen LogP contribution is -2.43. The number of nitrogens with zero attached hydrogens (tertiary/aromatic N) is 2. The van der Waals surface area contributed by atoms with E-state index in [1.165, 1.54) is 19.9 Å². The first-order valence-corrected chi connectivity index (χ1v) is 10.2. The topological polar surface area (TPSA) is 81.3 Å². The summed E-state index contributed by atoms with van der Waals surface area (Å²) in [4.78, 5) is 10.0. The summed E-state index contributed by atoms with van der Waals surface area (Å²) in [6, 6.07) is 3.60. The highest BCUT2D eigenvalue weighted by atomic mass is 19.4. The summed E-state index contributed by atoms with van der Waals surface area (Å²) in [6.45, 7) is 1.67. The number of rotatable bonds is 6. The number of fused-ring (bicyclic) bond motifs is 2. The van der Waals surface area contributed by atoms with Gasteiger partial charge in [-0.05, 0) is 26.0 Å². The van der Waals surface area contributed by atoms with Gasteiger partial charge in [0.25, 0.3) is 0 Å². The molecular formula is C21H19F7N4O3. The van der Waals surface area contributed by atoms with Crippen LogP contribution in [0.15, 0.2) is 30.6 Å². The Hall–Kier alpha value is -3.13. The number of nitrogens with one attached hydrogen (secondary N) is 2. The number of aromatic amines is 1. The Kier molecular flexibility index (Phi) is 6.30. The molecule has 2 N–H and O–H groups in total. The van der Waals surface area contributed by atoms with Gasteiger partial charge in [-0.1, -0.05) is 6.07 Å². The van der Waals surface area contributed by atoms with E-state index in [9.17, 15) is 30.7 Å². The van der Waals surface area contributed by atoms with Gasteiger partial charge in [0, 0.05) is 11.6 Å². The van der Waals surface area contributed by atoms with Gasteiger partial charge in [0.2, 0.25) is 0 Å². The summed E-state index contributed by atoms with van der Waals surface area (Å²) in [6.07, 6.45) is -9.44. The fourth-order valence-corrected chi connectivity index (χ4v) is 3.68. The molecule has 4 rings (SSSR count). The number of H-pyrrole nitrogens is 1. The smallest absolute Gasteiger partial charge is 0.490 e. The summed E-state index contributed by atoms with van der Waals surface area (Å²) in [5, 5.41) is 2.99. The largest absolute Gasteiger partial charge is 0.523 e. The van der Waals surface area contributed by atoms with Gasteiger partial charge in [-0.25, -0.2) is 14.4 Å². The average Bonchev–Trinajstić information content (AvgIpc) is 3.17. The van der Waals surface area contributed by atoms with E-state index in [2.05, 4.69) is 25.0 Å². The Morgan fingerprint density at radius 1 is 1.11 bits per heavy atom. The van der Waals surface area contributed by atoms with Crippen molar-refractivity contribution in [2.24, 2.45) is 0 Å². The lowest BCUT2D eigenvalue weighted by atomic mass is 9.97. The van der Waals surface area contributed by atoms with E-state index >= 15 is 0 Å². The quantitative estimate of drug-likeness (QED) is 0.437. The van der Waals surface area contributed by atoms with Crippen LogP contribution in [-0.4, -0.2) is 46.2 Å². The van der Waals surface area contributed by atoms with E-state index in [0.717, 1.165) is 24.5 Å². The number of benzene rings is 1. The van der Waals surface area contributed by atoms with Crippen molar-refractivity contribution in [3.05, 3.63) is 47.7 Å². The molecule has 3 heterocycles. The minimum absolute atomic E-state index is 0.00308. The Morgan fingerprint density at radius 3 is 2.54 bits per heavy atom. The van der Waals surface area contributed by atoms with E-state index in [1.54, 1.807) is 0 Å². The van der Waals surface area contributed by atoms with Crippen LogP contribution in [0.4, 0.5) is 36.6 Å². The van der Waals surface area contributed by atoms with E-state index < -0.39 is 48.4 Å². The van der Waals surface area contributed by atoms with Crippen molar-refractivity contribution >= 4 is 16.9 Å². The molecule has 3 aromatic rings. The lowest BCUT2D eigenvalue weighted by molar-refractivity contribution is -0.367. The number of anilines is 1. The monoisotopic (exact) mass is 508 g/mol. The molecule has 0 amide bonds. The fraction of sp³-hybridized carbons (Fsp3) is 0.429. The van der Waals surface area contributed by atoms with Crippen LogP contribution in [0.2, 0.25) is 0 Å². The standard InChI is InChI=1S/C21H19F7N4O3/c1-19(2,35-21(26,27)28)8-34-14-7-33-13-5-10(22)3-4-11(13)16(14)32-18-12-6-15(20(23,24)25)31-17(12)29-9-30-18/h3-6,9,14,16H,7-8H2,1-2H3,(H2,29,30,31,32). The van der Waals surface area contributed by atoms with Crippen LogP contribution in [0.3, 0.4) is 0 Å². The van der Waals surface area contributed by atoms with Crippen LogP contribution in [0.5, 0.6) is 5.75 Å². The van der Waals surface area contributed by atoms with Crippen LogP contribution in [0.25, 0.3) is 11.0 Å². The summed E-state index contributed by atoms with van der Waals surface area (Å²) in [7, 11) is 0. The summed E-state index contributed by atoms with van der Waals surface area (Å²) in [5.74, 6) is -0.446. The molecule has 1 aliphatic rings. The molecule has 1 aliphatic heterocycles. The van der Waals surface area contributed by atoms with Crippen LogP contribution in [-0.2, 0) is 15.7 Å². The van der Waals surface area contributed by atoms with E-state index in [-0.39, 0.29) is 29.2 Å². The van der Waals surface area contributed by atoms with Crippen molar-refractivity contribution in [3.8, 4) is 5.75 Å². The van der Waals surface area contributed by atoms with Gasteiger partial charge in [0.05, 0.1) is 23.6 Å². The van der Waals surface area contributed by atoms with Gasteiger partial charge < -0.3 is 19.8 Å². The molecule has 0 bridgehead atoms. The molecule has 0 aliphatic carbocycles. The van der Waals surface area contributed by atoms with E-state index in [1.807, 2.05) is 0 Å². The third-order valence-electron chi connectivity index (χ3n) is 5.15. The maximum atomic E-state index is 13.7. The maximum absolute atomic E-state index is 13.7. The van der Waals surface area contributed by atoms with Crippen molar-refractivity contribution in [1.29, 1.82) is 0 Å². The van der Waals surface area contributed by atoms with E-state index in [4.69, 9.17) is 9.47 Å². The summed E-state index contributed by atoms with van der Waals surface area (Å²) >= 11 is 0. The SMILES string of the molecule is CC(C)(COC1COc2cc(F)ccc2C1Nc1ncnc2[nH]c(C(F)(F)F)cc12)OC(F)(F)F. The molecule has 1 aromatic carbocycles. The minimum Gasteiger partial charge on any atom is -0.490 e. The molecule has 14 heteroatoms.